The average molecular weight is 1520 g/mol. The summed E-state index contributed by atoms with van der Waals surface area (Å²) in [5.74, 6) is -2.32. The maximum atomic E-state index is 13.1. The molecule has 0 aromatic rings. The van der Waals surface area contributed by atoms with Crippen molar-refractivity contribution in [3.63, 3.8) is 0 Å². The van der Waals surface area contributed by atoms with Crippen LogP contribution in [0.25, 0.3) is 0 Å². The van der Waals surface area contributed by atoms with Gasteiger partial charge in [-0.25, -0.2) is 9.13 Å². The second kappa shape index (κ2) is 77.3. The zero-order chi connectivity index (χ0) is 77.4. The molecule has 0 aromatic carbocycles. The van der Waals surface area contributed by atoms with Gasteiger partial charge in [0.25, 0.3) is 0 Å². The van der Waals surface area contributed by atoms with Crippen molar-refractivity contribution < 1.29 is 80.2 Å². The van der Waals surface area contributed by atoms with Crippen molar-refractivity contribution in [1.82, 2.24) is 0 Å². The zero-order valence-electron chi connectivity index (χ0n) is 65.5. The minimum absolute atomic E-state index is 0.00556. The zero-order valence-corrected chi connectivity index (χ0v) is 67.3. The van der Waals surface area contributed by atoms with Gasteiger partial charge < -0.3 is 33.8 Å². The van der Waals surface area contributed by atoms with E-state index in [9.17, 15) is 43.2 Å². The van der Waals surface area contributed by atoms with Crippen LogP contribution in [-0.2, 0) is 65.4 Å². The van der Waals surface area contributed by atoms with Gasteiger partial charge >= 0.3 is 39.5 Å². The van der Waals surface area contributed by atoms with Crippen LogP contribution in [0.1, 0.15) is 285 Å². The standard InChI is InChI=1S/C87H140O17P2/c1-5-9-13-17-21-25-29-33-36-39-40-43-45-49-52-56-60-64-68-72-85(90)98-78-83(104-87(92)74-70-66-62-58-54-50-46-42-38-35-31-27-23-19-15-11-7-3)80-102-106(95,96)100-76-81(88)75-99-105(93,94)101-79-82(103-86(91)73-69-65-61-57-53-47-32-28-24-20-16-12-8-4)77-97-84(89)71-67-63-59-55-51-48-44-41-37-34-30-26-22-18-14-10-6-2/h9-11,13-16,20-23,25-28,32-38,40,43-44,46,48,50,58,62,81-83,88H,5-8,12,17-19,24,29-31,39,41-42,45,47,49,51-57,59-61,63-80H2,1-4H3,(H,93,94)(H,95,96)/b13-9-,14-10-,15-11-,20-16-,25-21-,26-22-,27-23-,32-28-,36-33-,37-34-,38-35-,43-40-,48-44-,50-46-,62-58-. The Bertz CT molecular complexity index is 2730. The molecule has 0 aliphatic heterocycles. The number of rotatable bonds is 73. The summed E-state index contributed by atoms with van der Waals surface area (Å²) in [6.45, 7) is 4.32. The lowest BCUT2D eigenvalue weighted by Crippen LogP contribution is -2.30. The molecule has 0 saturated carbocycles. The molecule has 5 atom stereocenters. The first kappa shape index (κ1) is 100. The highest BCUT2D eigenvalue weighted by Crippen LogP contribution is 2.45. The molecule has 0 amide bonds. The van der Waals surface area contributed by atoms with Gasteiger partial charge in [0.05, 0.1) is 26.4 Å². The van der Waals surface area contributed by atoms with Gasteiger partial charge in [0.15, 0.2) is 12.2 Å². The molecule has 600 valence electrons. The van der Waals surface area contributed by atoms with Crippen LogP contribution in [0.2, 0.25) is 0 Å². The Balaban J connectivity index is 5.47. The van der Waals surface area contributed by atoms with Gasteiger partial charge in [0.2, 0.25) is 0 Å². The average Bonchev–Trinajstić information content (AvgIpc) is 0.899. The Kier molecular flexibility index (Phi) is 73.1. The van der Waals surface area contributed by atoms with Gasteiger partial charge in [-0.2, -0.15) is 0 Å². The summed E-state index contributed by atoms with van der Waals surface area (Å²) in [4.78, 5) is 73.0. The van der Waals surface area contributed by atoms with Gasteiger partial charge in [-0.1, -0.05) is 274 Å². The van der Waals surface area contributed by atoms with Crippen molar-refractivity contribution in [1.29, 1.82) is 0 Å². The summed E-state index contributed by atoms with van der Waals surface area (Å²) < 4.78 is 68.5. The Hall–Kier alpha value is -5.84. The van der Waals surface area contributed by atoms with Gasteiger partial charge in [-0.15, -0.1) is 0 Å². The SMILES string of the molecule is CC/C=C\C/C=C\C/C=C\C/C=C\C/C=C\CCCC(=O)OC(COC(=O)CCCCCCCC/C=C\C/C=C\C/C=C\C/C=C\CC)COP(=O)(O)OCC(O)COP(=O)(O)OCC(COC(=O)CCCCCC/C=C\C/C=C\C/C=C\C/C=C\CC)OC(=O)CCCCCCC/C=C\C/C=C\CCC. The van der Waals surface area contributed by atoms with Crippen molar-refractivity contribution in [2.24, 2.45) is 0 Å². The molecule has 0 aliphatic rings. The van der Waals surface area contributed by atoms with Crippen molar-refractivity contribution in [3.05, 3.63) is 182 Å². The molecule has 0 fully saturated rings. The Morgan fingerprint density at radius 1 is 0.274 bits per heavy atom. The fraction of sp³-hybridized carbons (Fsp3) is 0.609. The number of esters is 4. The summed E-state index contributed by atoms with van der Waals surface area (Å²) in [5.41, 5.74) is 0. The van der Waals surface area contributed by atoms with E-state index in [1.54, 1.807) is 0 Å². The molecular weight excluding hydrogens is 1380 g/mol. The minimum Gasteiger partial charge on any atom is -0.462 e. The number of hydrogen-bond acceptors (Lipinski definition) is 15. The van der Waals surface area contributed by atoms with Gasteiger partial charge in [-0.3, -0.25) is 37.3 Å². The fourth-order valence-corrected chi connectivity index (χ4v) is 11.4. The summed E-state index contributed by atoms with van der Waals surface area (Å²) >= 11 is 0. The summed E-state index contributed by atoms with van der Waals surface area (Å²) in [6, 6.07) is 0. The van der Waals surface area contributed by atoms with E-state index in [1.807, 2.05) is 12.2 Å². The van der Waals surface area contributed by atoms with E-state index >= 15 is 0 Å². The van der Waals surface area contributed by atoms with E-state index in [-0.39, 0.29) is 25.7 Å². The Labute approximate surface area is 641 Å². The molecule has 0 spiro atoms. The highest BCUT2D eigenvalue weighted by molar-refractivity contribution is 7.47. The second-order valence-corrected chi connectivity index (χ2v) is 28.8. The van der Waals surface area contributed by atoms with Crippen molar-refractivity contribution >= 4 is 39.5 Å². The molecule has 0 heterocycles. The molecular formula is C87H140O17P2. The third-order valence-corrected chi connectivity index (χ3v) is 17.7. The topological polar surface area (TPSA) is 237 Å². The van der Waals surface area contributed by atoms with E-state index < -0.39 is 97.5 Å². The lowest BCUT2D eigenvalue weighted by molar-refractivity contribution is -0.161. The number of carbonyl (C=O) groups excluding carboxylic acids is 4. The Morgan fingerprint density at radius 3 is 0.792 bits per heavy atom. The van der Waals surface area contributed by atoms with E-state index in [4.69, 9.17) is 37.0 Å². The van der Waals surface area contributed by atoms with E-state index in [1.165, 1.54) is 0 Å². The molecule has 0 aromatic heterocycles. The first-order chi connectivity index (χ1) is 51.7. The molecule has 5 unspecified atom stereocenters. The van der Waals surface area contributed by atoms with Crippen LogP contribution in [0.15, 0.2) is 182 Å². The van der Waals surface area contributed by atoms with Crippen molar-refractivity contribution in [3.8, 4) is 0 Å². The van der Waals surface area contributed by atoms with Crippen LogP contribution in [-0.4, -0.2) is 96.7 Å². The number of ether oxygens (including phenoxy) is 4. The van der Waals surface area contributed by atoms with E-state index in [2.05, 4.69) is 198 Å². The highest BCUT2D eigenvalue weighted by Gasteiger charge is 2.30. The number of aliphatic hydroxyl groups excluding tert-OH is 1. The Morgan fingerprint density at radius 2 is 0.500 bits per heavy atom. The maximum absolute atomic E-state index is 13.1. The smallest absolute Gasteiger partial charge is 0.462 e. The van der Waals surface area contributed by atoms with Gasteiger partial charge in [0, 0.05) is 25.7 Å². The lowest BCUT2D eigenvalue weighted by atomic mass is 10.1. The van der Waals surface area contributed by atoms with Crippen molar-refractivity contribution in [2.45, 2.75) is 303 Å². The molecule has 0 saturated heterocycles. The molecule has 3 N–H and O–H groups in total. The number of phosphoric acid groups is 2. The monoisotopic (exact) mass is 1520 g/mol. The third-order valence-electron chi connectivity index (χ3n) is 15.8. The van der Waals surface area contributed by atoms with Crippen LogP contribution < -0.4 is 0 Å². The summed E-state index contributed by atoms with van der Waals surface area (Å²) in [7, 11) is -10.0. The van der Waals surface area contributed by atoms with Crippen LogP contribution in [0.4, 0.5) is 0 Å². The van der Waals surface area contributed by atoms with Crippen molar-refractivity contribution in [2.75, 3.05) is 39.6 Å². The predicted octanol–water partition coefficient (Wildman–Crippen LogP) is 23.6. The molecule has 19 heteroatoms. The predicted molar refractivity (Wildman–Crippen MR) is 436 cm³/mol. The van der Waals surface area contributed by atoms with Crippen LogP contribution in [0, 0.1) is 0 Å². The molecule has 17 nitrogen and oxygen atoms in total. The number of carbonyl (C=O) groups is 4. The quantitative estimate of drug-likeness (QED) is 0.0169. The first-order valence-corrected chi connectivity index (χ1v) is 43.0. The van der Waals surface area contributed by atoms with E-state index in [0.29, 0.717) is 32.1 Å². The second-order valence-electron chi connectivity index (χ2n) is 25.9. The number of allylic oxidation sites excluding steroid dienone is 30. The normalized spacial score (nSPS) is 14.8. The van der Waals surface area contributed by atoms with Crippen LogP contribution in [0.5, 0.6) is 0 Å². The first-order valence-electron chi connectivity index (χ1n) is 40.0. The number of unbranched alkanes of at least 4 members (excludes halogenated alkanes) is 17. The summed E-state index contributed by atoms with van der Waals surface area (Å²) in [5, 5.41) is 10.6. The van der Waals surface area contributed by atoms with Gasteiger partial charge in [0.1, 0.15) is 19.3 Å². The van der Waals surface area contributed by atoms with Crippen LogP contribution >= 0.6 is 15.6 Å². The van der Waals surface area contributed by atoms with Crippen LogP contribution in [0.3, 0.4) is 0 Å². The number of phosphoric ester groups is 2. The maximum Gasteiger partial charge on any atom is 0.472 e. The minimum atomic E-state index is -5.01. The fourth-order valence-electron chi connectivity index (χ4n) is 9.86. The van der Waals surface area contributed by atoms with E-state index in [0.717, 1.165) is 199 Å². The lowest BCUT2D eigenvalue weighted by Gasteiger charge is -2.21. The molecule has 0 rings (SSSR count). The highest BCUT2D eigenvalue weighted by atomic mass is 31.2. The third kappa shape index (κ3) is 76.4. The molecule has 106 heavy (non-hydrogen) atoms. The summed E-state index contributed by atoms with van der Waals surface area (Å²) in [6.07, 6.45) is 93.1. The molecule has 0 bridgehead atoms. The molecule has 0 aliphatic carbocycles. The number of aliphatic hydroxyl groups is 1. The largest absolute Gasteiger partial charge is 0.472 e. The number of hydrogen-bond donors (Lipinski definition) is 3. The van der Waals surface area contributed by atoms with Gasteiger partial charge in [-0.05, 0) is 167 Å². The molecule has 0 radical (unpaired) electrons.